The molecule has 1 saturated carbocycles. The standard InChI is InChI=1S/C10H16F2N2O.CO2/c1-3-6-4-7(6)9(2)10(11,12)5-15-8(13)14-9;2-1-3/h6-7H,3-5H2,1-2H3,(H2,13,14);/t6-,7-,9-;/m1./s1. The van der Waals surface area contributed by atoms with Crippen LogP contribution >= 0.6 is 0 Å². The second kappa shape index (κ2) is 5.02. The summed E-state index contributed by atoms with van der Waals surface area (Å²) >= 11 is 0. The monoisotopic (exact) mass is 262 g/mol. The van der Waals surface area contributed by atoms with Crippen LogP contribution in [0.25, 0.3) is 0 Å². The average Bonchev–Trinajstić information content (AvgIpc) is 3.05. The highest BCUT2D eigenvalue weighted by Gasteiger charge is 2.64. The normalized spacial score (nSPS) is 36.3. The minimum atomic E-state index is -2.91. The first kappa shape index (κ1) is 14.6. The number of aliphatic imine (C=N–C) groups is 1. The van der Waals surface area contributed by atoms with Crippen molar-refractivity contribution in [3.05, 3.63) is 0 Å². The highest BCUT2D eigenvalue weighted by atomic mass is 19.3. The highest BCUT2D eigenvalue weighted by molar-refractivity contribution is 5.73. The molecule has 0 saturated heterocycles. The lowest BCUT2D eigenvalue weighted by Gasteiger charge is -2.37. The molecule has 0 bridgehead atoms. The van der Waals surface area contributed by atoms with Gasteiger partial charge in [-0.3, -0.25) is 0 Å². The van der Waals surface area contributed by atoms with Crippen molar-refractivity contribution < 1.29 is 23.1 Å². The summed E-state index contributed by atoms with van der Waals surface area (Å²) in [7, 11) is 0. The van der Waals surface area contributed by atoms with Gasteiger partial charge in [-0.25, -0.2) is 13.8 Å². The fourth-order valence-electron chi connectivity index (χ4n) is 2.40. The van der Waals surface area contributed by atoms with Crippen LogP contribution in [-0.2, 0) is 14.3 Å². The maximum atomic E-state index is 13.7. The lowest BCUT2D eigenvalue weighted by atomic mass is 9.87. The molecule has 102 valence electrons. The third-order valence-corrected chi connectivity index (χ3v) is 3.65. The molecule has 3 atom stereocenters. The van der Waals surface area contributed by atoms with Crippen LogP contribution in [0.15, 0.2) is 4.99 Å². The van der Waals surface area contributed by atoms with Gasteiger partial charge in [0.05, 0.1) is 0 Å². The summed E-state index contributed by atoms with van der Waals surface area (Å²) in [4.78, 5) is 20.1. The van der Waals surface area contributed by atoms with Crippen LogP contribution in [0.2, 0.25) is 0 Å². The van der Waals surface area contributed by atoms with E-state index in [1.807, 2.05) is 6.92 Å². The average molecular weight is 262 g/mol. The van der Waals surface area contributed by atoms with Crippen molar-refractivity contribution in [3.63, 3.8) is 0 Å². The van der Waals surface area contributed by atoms with Crippen molar-refractivity contribution in [2.45, 2.75) is 38.2 Å². The summed E-state index contributed by atoms with van der Waals surface area (Å²) in [6.07, 6.45) is 1.99. The highest BCUT2D eigenvalue weighted by Crippen LogP contribution is 2.56. The number of hydrogen-bond acceptors (Lipinski definition) is 5. The lowest BCUT2D eigenvalue weighted by molar-refractivity contribution is -0.191. The molecule has 0 aromatic heterocycles. The smallest absolute Gasteiger partial charge is 0.373 e. The number of alkyl halides is 2. The third kappa shape index (κ3) is 2.51. The summed E-state index contributed by atoms with van der Waals surface area (Å²) in [5.41, 5.74) is 4.01. The first-order valence-corrected chi connectivity index (χ1v) is 5.67. The number of amidine groups is 1. The summed E-state index contributed by atoms with van der Waals surface area (Å²) in [6.45, 7) is 2.85. The molecular weight excluding hydrogens is 246 g/mol. The molecule has 1 aliphatic heterocycles. The molecule has 7 heteroatoms. The molecule has 0 aromatic carbocycles. The Balaban J connectivity index is 0.000000492. The van der Waals surface area contributed by atoms with Crippen LogP contribution in [0.1, 0.15) is 26.7 Å². The molecule has 0 radical (unpaired) electrons. The Hall–Kier alpha value is -1.49. The summed E-state index contributed by atoms with van der Waals surface area (Å²) in [6, 6.07) is -0.106. The van der Waals surface area contributed by atoms with E-state index in [0.29, 0.717) is 5.92 Å². The number of carbonyl (C=O) groups excluding carboxylic acids is 2. The van der Waals surface area contributed by atoms with Crippen LogP contribution < -0.4 is 5.73 Å². The number of rotatable bonds is 2. The summed E-state index contributed by atoms with van der Waals surface area (Å²) < 4.78 is 32.1. The fourth-order valence-corrected chi connectivity index (χ4v) is 2.40. The maximum Gasteiger partial charge on any atom is 0.373 e. The number of hydrogen-bond donors (Lipinski definition) is 1. The van der Waals surface area contributed by atoms with Crippen molar-refractivity contribution >= 4 is 12.2 Å². The van der Waals surface area contributed by atoms with E-state index in [9.17, 15) is 8.78 Å². The molecule has 0 aromatic rings. The van der Waals surface area contributed by atoms with E-state index in [4.69, 9.17) is 15.3 Å². The Morgan fingerprint density at radius 1 is 1.56 bits per heavy atom. The Morgan fingerprint density at radius 3 is 2.56 bits per heavy atom. The number of halogens is 2. The Kier molecular flexibility index (Phi) is 4.06. The van der Waals surface area contributed by atoms with E-state index >= 15 is 0 Å². The minimum Gasteiger partial charge on any atom is -0.459 e. The van der Waals surface area contributed by atoms with Gasteiger partial charge in [-0.05, 0) is 25.2 Å². The zero-order chi connectivity index (χ0) is 14.0. The fraction of sp³-hybridized carbons (Fsp3) is 0.818. The van der Waals surface area contributed by atoms with Crippen molar-refractivity contribution in [2.24, 2.45) is 22.6 Å². The predicted octanol–water partition coefficient (Wildman–Crippen LogP) is 1.19. The molecule has 2 N–H and O–H groups in total. The lowest BCUT2D eigenvalue weighted by Crippen LogP contribution is -2.54. The number of nitrogens with zero attached hydrogens (tertiary/aromatic N) is 1. The summed E-state index contributed by atoms with van der Waals surface area (Å²) in [5.74, 6) is -2.61. The van der Waals surface area contributed by atoms with Crippen LogP contribution in [-0.4, -0.2) is 30.2 Å². The van der Waals surface area contributed by atoms with E-state index < -0.39 is 18.1 Å². The Labute approximate surface area is 103 Å². The predicted molar refractivity (Wildman–Crippen MR) is 57.8 cm³/mol. The van der Waals surface area contributed by atoms with Gasteiger partial charge in [-0.2, -0.15) is 9.59 Å². The van der Waals surface area contributed by atoms with Gasteiger partial charge in [0.2, 0.25) is 0 Å². The zero-order valence-electron chi connectivity index (χ0n) is 10.3. The van der Waals surface area contributed by atoms with E-state index in [1.54, 1.807) is 0 Å². The maximum absolute atomic E-state index is 13.7. The molecular formula is C11H16F2N2O3. The van der Waals surface area contributed by atoms with Gasteiger partial charge in [0.25, 0.3) is 6.02 Å². The second-order valence-corrected chi connectivity index (χ2v) is 4.68. The molecule has 2 aliphatic rings. The van der Waals surface area contributed by atoms with Gasteiger partial charge < -0.3 is 10.5 Å². The van der Waals surface area contributed by atoms with Crippen LogP contribution in [0.5, 0.6) is 0 Å². The van der Waals surface area contributed by atoms with Gasteiger partial charge in [0.15, 0.2) is 6.61 Å². The summed E-state index contributed by atoms with van der Waals surface area (Å²) in [5, 5.41) is 0. The topological polar surface area (TPSA) is 81.8 Å². The van der Waals surface area contributed by atoms with Crippen molar-refractivity contribution in [2.75, 3.05) is 6.61 Å². The first-order chi connectivity index (χ1) is 8.32. The Bertz CT molecular complexity index is 380. The van der Waals surface area contributed by atoms with Crippen molar-refractivity contribution in [1.82, 2.24) is 0 Å². The number of nitrogens with two attached hydrogens (primary N) is 1. The van der Waals surface area contributed by atoms with Crippen LogP contribution in [0.3, 0.4) is 0 Å². The van der Waals surface area contributed by atoms with E-state index in [2.05, 4.69) is 9.73 Å². The molecule has 0 amide bonds. The van der Waals surface area contributed by atoms with Gasteiger partial charge >= 0.3 is 12.1 Å². The van der Waals surface area contributed by atoms with Crippen molar-refractivity contribution in [1.29, 1.82) is 0 Å². The molecule has 5 nitrogen and oxygen atoms in total. The molecule has 0 unspecified atom stereocenters. The largest absolute Gasteiger partial charge is 0.459 e. The van der Waals surface area contributed by atoms with Crippen LogP contribution in [0.4, 0.5) is 8.78 Å². The molecule has 0 spiro atoms. The molecule has 1 aliphatic carbocycles. The second-order valence-electron chi connectivity index (χ2n) is 4.68. The van der Waals surface area contributed by atoms with E-state index in [-0.39, 0.29) is 18.1 Å². The minimum absolute atomic E-state index is 0.0556. The van der Waals surface area contributed by atoms with Gasteiger partial charge in [0, 0.05) is 0 Å². The van der Waals surface area contributed by atoms with E-state index in [1.165, 1.54) is 6.92 Å². The molecule has 1 heterocycles. The molecule has 2 rings (SSSR count). The zero-order valence-corrected chi connectivity index (χ0v) is 10.3. The first-order valence-electron chi connectivity index (χ1n) is 5.67. The van der Waals surface area contributed by atoms with E-state index in [0.717, 1.165) is 12.8 Å². The van der Waals surface area contributed by atoms with Gasteiger partial charge in [-0.1, -0.05) is 13.3 Å². The van der Waals surface area contributed by atoms with Crippen LogP contribution in [0, 0.1) is 11.8 Å². The quantitative estimate of drug-likeness (QED) is 0.810. The number of ether oxygens (including phenoxy) is 1. The van der Waals surface area contributed by atoms with Crippen molar-refractivity contribution in [3.8, 4) is 0 Å². The molecule has 1 fully saturated rings. The van der Waals surface area contributed by atoms with Gasteiger partial charge in [0.1, 0.15) is 5.54 Å². The Morgan fingerprint density at radius 2 is 2.11 bits per heavy atom. The third-order valence-electron chi connectivity index (χ3n) is 3.65. The van der Waals surface area contributed by atoms with Gasteiger partial charge in [-0.15, -0.1) is 0 Å². The SMILES string of the molecule is CC[C@@H]1C[C@H]1[C@@]1(C)N=C(N)OCC1(F)F.O=C=O. The molecule has 18 heavy (non-hydrogen) atoms.